The molecule has 0 N–H and O–H groups in total. The Morgan fingerprint density at radius 2 is 2.06 bits per heavy atom. The molecular formula is C14H23NO3. The van der Waals surface area contributed by atoms with Crippen molar-refractivity contribution in [3.63, 3.8) is 0 Å². The Hall–Kier alpha value is -1.19. The van der Waals surface area contributed by atoms with Crippen LogP contribution in [0.5, 0.6) is 0 Å². The Balaban J connectivity index is 2.44. The topological polar surface area (TPSA) is 54.5 Å². The highest BCUT2D eigenvalue weighted by Gasteiger charge is 2.40. The molecule has 0 aromatic heterocycles. The lowest BCUT2D eigenvalue weighted by Crippen LogP contribution is -2.32. The maximum absolute atomic E-state index is 12.1. The minimum absolute atomic E-state index is 0.0165. The van der Waals surface area contributed by atoms with E-state index in [2.05, 4.69) is 0 Å². The van der Waals surface area contributed by atoms with Crippen LogP contribution >= 0.6 is 0 Å². The second-order valence-electron chi connectivity index (χ2n) is 5.24. The summed E-state index contributed by atoms with van der Waals surface area (Å²) in [6, 6.07) is 0. The third-order valence-electron chi connectivity index (χ3n) is 3.77. The number of carbonyl (C=O) groups is 3. The van der Waals surface area contributed by atoms with Gasteiger partial charge in [0, 0.05) is 25.3 Å². The Morgan fingerprint density at radius 3 is 2.61 bits per heavy atom. The molecule has 0 bridgehead atoms. The third kappa shape index (κ3) is 3.65. The molecule has 0 aromatic carbocycles. The van der Waals surface area contributed by atoms with Crippen LogP contribution in [0.15, 0.2) is 0 Å². The second kappa shape index (κ2) is 6.66. The molecule has 1 saturated heterocycles. The number of likely N-dealkylation sites (tertiary alicyclic amines) is 1. The number of nitrogens with zero attached hydrogens (tertiary/aromatic N) is 1. The van der Waals surface area contributed by atoms with Gasteiger partial charge in [-0.1, -0.05) is 20.3 Å². The molecule has 2 amide bonds. The zero-order valence-electron chi connectivity index (χ0n) is 11.6. The van der Waals surface area contributed by atoms with Gasteiger partial charge in [-0.15, -0.1) is 0 Å². The Labute approximate surface area is 109 Å². The van der Waals surface area contributed by atoms with E-state index >= 15 is 0 Å². The third-order valence-corrected chi connectivity index (χ3v) is 3.77. The number of hydrogen-bond donors (Lipinski definition) is 0. The molecule has 102 valence electrons. The highest BCUT2D eigenvalue weighted by molar-refractivity contribution is 6.03. The minimum Gasteiger partial charge on any atom is -0.300 e. The zero-order chi connectivity index (χ0) is 13.7. The molecule has 0 radical (unpaired) electrons. The van der Waals surface area contributed by atoms with Crippen LogP contribution in [0.25, 0.3) is 0 Å². The van der Waals surface area contributed by atoms with Crippen molar-refractivity contribution in [2.45, 2.75) is 52.9 Å². The lowest BCUT2D eigenvalue weighted by atomic mass is 9.90. The van der Waals surface area contributed by atoms with Crippen molar-refractivity contribution >= 4 is 17.6 Å². The number of Topliss-reactive ketones (excluding diaryl/α,β-unsaturated/α-hetero) is 1. The summed E-state index contributed by atoms with van der Waals surface area (Å²) in [4.78, 5) is 36.1. The van der Waals surface area contributed by atoms with E-state index in [1.807, 2.05) is 13.8 Å². The summed E-state index contributed by atoms with van der Waals surface area (Å²) in [5, 5.41) is 0. The Bertz CT molecular complexity index is 338. The van der Waals surface area contributed by atoms with Gasteiger partial charge in [-0.05, 0) is 25.7 Å². The van der Waals surface area contributed by atoms with E-state index < -0.39 is 0 Å². The van der Waals surface area contributed by atoms with E-state index in [-0.39, 0.29) is 29.4 Å². The molecule has 1 heterocycles. The molecule has 2 unspecified atom stereocenters. The fourth-order valence-electron chi connectivity index (χ4n) is 2.32. The Kier molecular flexibility index (Phi) is 5.51. The molecule has 1 aliphatic heterocycles. The molecule has 1 aliphatic rings. The number of hydrogen-bond acceptors (Lipinski definition) is 3. The van der Waals surface area contributed by atoms with Crippen LogP contribution in [-0.2, 0) is 14.4 Å². The molecule has 0 aliphatic carbocycles. The van der Waals surface area contributed by atoms with Crippen molar-refractivity contribution < 1.29 is 14.4 Å². The van der Waals surface area contributed by atoms with Crippen LogP contribution in [0, 0.1) is 11.8 Å². The van der Waals surface area contributed by atoms with E-state index in [1.165, 1.54) is 4.90 Å². The van der Waals surface area contributed by atoms with Crippen LogP contribution in [0.3, 0.4) is 0 Å². The average molecular weight is 253 g/mol. The van der Waals surface area contributed by atoms with Gasteiger partial charge in [-0.3, -0.25) is 14.5 Å². The number of amides is 2. The summed E-state index contributed by atoms with van der Waals surface area (Å²) in [6.45, 7) is 6.09. The first-order valence-corrected chi connectivity index (χ1v) is 6.81. The Morgan fingerprint density at radius 1 is 1.39 bits per heavy atom. The summed E-state index contributed by atoms with van der Waals surface area (Å²) in [6.07, 6.45) is 3.29. The summed E-state index contributed by atoms with van der Waals surface area (Å²) < 4.78 is 0. The number of rotatable bonds is 7. The van der Waals surface area contributed by atoms with Gasteiger partial charge in [0.25, 0.3) is 0 Å². The largest absolute Gasteiger partial charge is 0.300 e. The van der Waals surface area contributed by atoms with E-state index in [9.17, 15) is 14.4 Å². The van der Waals surface area contributed by atoms with Crippen LogP contribution in [0.1, 0.15) is 52.9 Å². The van der Waals surface area contributed by atoms with E-state index in [1.54, 1.807) is 6.92 Å². The van der Waals surface area contributed by atoms with Crippen molar-refractivity contribution in [3.8, 4) is 0 Å². The van der Waals surface area contributed by atoms with Crippen LogP contribution in [0.2, 0.25) is 0 Å². The van der Waals surface area contributed by atoms with Gasteiger partial charge < -0.3 is 4.79 Å². The van der Waals surface area contributed by atoms with Crippen LogP contribution < -0.4 is 0 Å². The first-order chi connectivity index (χ1) is 8.47. The fraction of sp³-hybridized carbons (Fsp3) is 0.786. The van der Waals surface area contributed by atoms with Gasteiger partial charge in [-0.25, -0.2) is 0 Å². The SMILES string of the molecule is CCC(C)C1CC(=O)N(CCCCC(C)=O)C1=O. The van der Waals surface area contributed by atoms with E-state index in [0.29, 0.717) is 19.4 Å². The summed E-state index contributed by atoms with van der Waals surface area (Å²) in [5.74, 6) is 0.232. The van der Waals surface area contributed by atoms with Crippen molar-refractivity contribution in [1.82, 2.24) is 4.90 Å². The molecule has 2 atom stereocenters. The van der Waals surface area contributed by atoms with Crippen molar-refractivity contribution in [3.05, 3.63) is 0 Å². The molecule has 0 spiro atoms. The lowest BCUT2D eigenvalue weighted by Gasteiger charge is -2.17. The fourth-order valence-corrected chi connectivity index (χ4v) is 2.32. The summed E-state index contributed by atoms with van der Waals surface area (Å²) >= 11 is 0. The molecular weight excluding hydrogens is 230 g/mol. The van der Waals surface area contributed by atoms with Gasteiger partial charge >= 0.3 is 0 Å². The molecule has 0 aromatic rings. The summed E-state index contributed by atoms with van der Waals surface area (Å²) in [7, 11) is 0. The maximum atomic E-state index is 12.1. The van der Waals surface area contributed by atoms with Gasteiger partial charge in [0.2, 0.25) is 11.8 Å². The number of carbonyl (C=O) groups excluding carboxylic acids is 3. The van der Waals surface area contributed by atoms with Crippen molar-refractivity contribution in [1.29, 1.82) is 0 Å². The van der Waals surface area contributed by atoms with E-state index in [0.717, 1.165) is 19.3 Å². The van der Waals surface area contributed by atoms with Gasteiger partial charge in [0.1, 0.15) is 5.78 Å². The molecule has 4 heteroatoms. The predicted octanol–water partition coefficient (Wildman–Crippen LogP) is 2.17. The number of unbranched alkanes of at least 4 members (excludes halogenated alkanes) is 1. The second-order valence-corrected chi connectivity index (χ2v) is 5.24. The number of ketones is 1. The molecule has 18 heavy (non-hydrogen) atoms. The highest BCUT2D eigenvalue weighted by atomic mass is 16.2. The standard InChI is InChI=1S/C14H23NO3/c1-4-10(2)12-9-13(17)15(14(12)18)8-6-5-7-11(3)16/h10,12H,4-9H2,1-3H3. The quantitative estimate of drug-likeness (QED) is 0.516. The maximum Gasteiger partial charge on any atom is 0.233 e. The monoisotopic (exact) mass is 253 g/mol. The predicted molar refractivity (Wildman–Crippen MR) is 68.8 cm³/mol. The average Bonchev–Trinajstić information content (AvgIpc) is 2.60. The highest BCUT2D eigenvalue weighted by Crippen LogP contribution is 2.28. The van der Waals surface area contributed by atoms with Crippen molar-refractivity contribution in [2.24, 2.45) is 11.8 Å². The van der Waals surface area contributed by atoms with Gasteiger partial charge in [-0.2, -0.15) is 0 Å². The molecule has 0 saturated carbocycles. The van der Waals surface area contributed by atoms with Crippen molar-refractivity contribution in [2.75, 3.05) is 6.54 Å². The first kappa shape index (κ1) is 14.9. The molecule has 1 fully saturated rings. The van der Waals surface area contributed by atoms with E-state index in [4.69, 9.17) is 0 Å². The normalized spacial score (nSPS) is 21.5. The van der Waals surface area contributed by atoms with Gasteiger partial charge in [0.15, 0.2) is 0 Å². The first-order valence-electron chi connectivity index (χ1n) is 6.81. The zero-order valence-corrected chi connectivity index (χ0v) is 11.6. The van der Waals surface area contributed by atoms with Gasteiger partial charge in [0.05, 0.1) is 0 Å². The lowest BCUT2D eigenvalue weighted by molar-refractivity contribution is -0.139. The molecule has 4 nitrogen and oxygen atoms in total. The minimum atomic E-state index is -0.129. The smallest absolute Gasteiger partial charge is 0.233 e. The van der Waals surface area contributed by atoms with Crippen LogP contribution in [0.4, 0.5) is 0 Å². The number of imide groups is 1. The summed E-state index contributed by atoms with van der Waals surface area (Å²) in [5.41, 5.74) is 0. The van der Waals surface area contributed by atoms with Crippen LogP contribution in [-0.4, -0.2) is 29.0 Å². The molecule has 1 rings (SSSR count).